The van der Waals surface area contributed by atoms with Crippen LogP contribution in [0.15, 0.2) is 34.8 Å². The van der Waals surface area contributed by atoms with Gasteiger partial charge >= 0.3 is 0 Å². The number of hydrogen-bond donors (Lipinski definition) is 1. The number of primary amides is 1. The van der Waals surface area contributed by atoms with E-state index in [4.69, 9.17) is 5.73 Å². The van der Waals surface area contributed by atoms with Crippen molar-refractivity contribution in [2.75, 3.05) is 18.0 Å². The van der Waals surface area contributed by atoms with E-state index in [9.17, 15) is 4.79 Å². The number of halogens is 1. The standard InChI is InChI=1S/C17H19BrN4O/c1-11-6-8-22(9-7-11)17-20-14(10-15(21-17)16(19)23)12-2-4-13(18)5-3-12/h2-5,10-11H,6-9H2,1H3,(H2,19,23). The molecule has 6 heteroatoms. The normalized spacial score (nSPS) is 15.7. The average molecular weight is 375 g/mol. The van der Waals surface area contributed by atoms with E-state index < -0.39 is 5.91 Å². The maximum absolute atomic E-state index is 11.6. The summed E-state index contributed by atoms with van der Waals surface area (Å²) in [5.41, 5.74) is 7.36. The Bertz CT molecular complexity index is 709. The van der Waals surface area contributed by atoms with E-state index in [1.165, 1.54) is 0 Å². The molecule has 0 bridgehead atoms. The average Bonchev–Trinajstić information content (AvgIpc) is 2.55. The zero-order valence-electron chi connectivity index (χ0n) is 13.0. The number of carbonyl (C=O) groups is 1. The van der Waals surface area contributed by atoms with Crippen LogP contribution in [0.5, 0.6) is 0 Å². The van der Waals surface area contributed by atoms with E-state index in [2.05, 4.69) is 37.7 Å². The first kappa shape index (κ1) is 15.9. The Balaban J connectivity index is 1.99. The fraction of sp³-hybridized carbons (Fsp3) is 0.353. The smallest absolute Gasteiger partial charge is 0.267 e. The first-order valence-corrected chi connectivity index (χ1v) is 8.52. The molecule has 2 heterocycles. The molecule has 1 aliphatic heterocycles. The molecule has 3 rings (SSSR count). The van der Waals surface area contributed by atoms with Crippen molar-refractivity contribution in [3.8, 4) is 11.3 Å². The van der Waals surface area contributed by atoms with Crippen LogP contribution in [0.1, 0.15) is 30.3 Å². The maximum atomic E-state index is 11.6. The largest absolute Gasteiger partial charge is 0.364 e. The minimum atomic E-state index is -0.530. The van der Waals surface area contributed by atoms with Crippen molar-refractivity contribution in [3.05, 3.63) is 40.5 Å². The lowest BCUT2D eigenvalue weighted by Gasteiger charge is -2.30. The molecule has 1 aromatic carbocycles. The van der Waals surface area contributed by atoms with Gasteiger partial charge in [0.25, 0.3) is 5.91 Å². The lowest BCUT2D eigenvalue weighted by atomic mass is 10.00. The molecule has 2 N–H and O–H groups in total. The molecule has 0 radical (unpaired) electrons. The zero-order chi connectivity index (χ0) is 16.4. The maximum Gasteiger partial charge on any atom is 0.267 e. The third-order valence-corrected chi connectivity index (χ3v) is 4.70. The molecule has 0 unspecified atom stereocenters. The number of carbonyl (C=O) groups excluding carboxylic acids is 1. The topological polar surface area (TPSA) is 72.1 Å². The number of anilines is 1. The Kier molecular flexibility index (Phi) is 4.61. The van der Waals surface area contributed by atoms with Crippen molar-refractivity contribution in [2.45, 2.75) is 19.8 Å². The Morgan fingerprint density at radius 1 is 1.22 bits per heavy atom. The molecule has 23 heavy (non-hydrogen) atoms. The number of piperidine rings is 1. The summed E-state index contributed by atoms with van der Waals surface area (Å²) in [7, 11) is 0. The van der Waals surface area contributed by atoms with Crippen LogP contribution < -0.4 is 10.6 Å². The number of aromatic nitrogens is 2. The Morgan fingerprint density at radius 2 is 1.87 bits per heavy atom. The third-order valence-electron chi connectivity index (χ3n) is 4.17. The van der Waals surface area contributed by atoms with Gasteiger partial charge in [-0.1, -0.05) is 35.0 Å². The van der Waals surface area contributed by atoms with Gasteiger partial charge in [0.1, 0.15) is 5.69 Å². The lowest BCUT2D eigenvalue weighted by Crippen LogP contribution is -2.34. The van der Waals surface area contributed by atoms with Gasteiger partial charge in [0.2, 0.25) is 5.95 Å². The van der Waals surface area contributed by atoms with Gasteiger partial charge in [-0.2, -0.15) is 0 Å². The second-order valence-corrected chi connectivity index (χ2v) is 6.89. The molecule has 1 saturated heterocycles. The first-order chi connectivity index (χ1) is 11.0. The molecule has 120 valence electrons. The third kappa shape index (κ3) is 3.69. The highest BCUT2D eigenvalue weighted by Crippen LogP contribution is 2.25. The van der Waals surface area contributed by atoms with Crippen LogP contribution in [-0.4, -0.2) is 29.0 Å². The monoisotopic (exact) mass is 374 g/mol. The van der Waals surface area contributed by atoms with Gasteiger partial charge in [-0.3, -0.25) is 4.79 Å². The van der Waals surface area contributed by atoms with Crippen molar-refractivity contribution < 1.29 is 4.79 Å². The molecule has 0 aliphatic carbocycles. The summed E-state index contributed by atoms with van der Waals surface area (Å²) in [6, 6.07) is 9.47. The molecule has 1 amide bonds. The molecular formula is C17H19BrN4O. The predicted molar refractivity (Wildman–Crippen MR) is 94.3 cm³/mol. The molecular weight excluding hydrogens is 356 g/mol. The predicted octanol–water partition coefficient (Wildman–Crippen LogP) is 3.24. The van der Waals surface area contributed by atoms with Crippen molar-refractivity contribution >= 4 is 27.8 Å². The van der Waals surface area contributed by atoms with Gasteiger partial charge in [-0.15, -0.1) is 0 Å². The minimum Gasteiger partial charge on any atom is -0.364 e. The highest BCUT2D eigenvalue weighted by molar-refractivity contribution is 9.10. The van der Waals surface area contributed by atoms with Crippen LogP contribution in [0.2, 0.25) is 0 Å². The molecule has 1 fully saturated rings. The molecule has 2 aromatic rings. The molecule has 0 atom stereocenters. The Morgan fingerprint density at radius 3 is 2.48 bits per heavy atom. The second-order valence-electron chi connectivity index (χ2n) is 5.98. The van der Waals surface area contributed by atoms with Gasteiger partial charge in [0.15, 0.2) is 0 Å². The van der Waals surface area contributed by atoms with E-state index in [1.54, 1.807) is 6.07 Å². The van der Waals surface area contributed by atoms with Gasteiger partial charge in [-0.05, 0) is 37.0 Å². The summed E-state index contributed by atoms with van der Waals surface area (Å²) in [6.07, 6.45) is 2.22. The zero-order valence-corrected chi connectivity index (χ0v) is 14.6. The van der Waals surface area contributed by atoms with E-state index in [1.807, 2.05) is 24.3 Å². The van der Waals surface area contributed by atoms with Gasteiger partial charge in [0, 0.05) is 23.1 Å². The number of nitrogens with zero attached hydrogens (tertiary/aromatic N) is 3. The van der Waals surface area contributed by atoms with Crippen molar-refractivity contribution in [1.29, 1.82) is 0 Å². The summed E-state index contributed by atoms with van der Waals surface area (Å²) >= 11 is 3.42. The summed E-state index contributed by atoms with van der Waals surface area (Å²) in [4.78, 5) is 22.8. The summed E-state index contributed by atoms with van der Waals surface area (Å²) in [6.45, 7) is 4.07. The fourth-order valence-corrected chi connectivity index (χ4v) is 2.94. The molecule has 1 aromatic heterocycles. The molecule has 5 nitrogen and oxygen atoms in total. The SMILES string of the molecule is CC1CCN(c2nc(C(N)=O)cc(-c3ccc(Br)cc3)n2)CC1. The molecule has 1 aliphatic rings. The number of rotatable bonds is 3. The van der Waals surface area contributed by atoms with Gasteiger partial charge < -0.3 is 10.6 Å². The number of hydrogen-bond acceptors (Lipinski definition) is 4. The van der Waals surface area contributed by atoms with Crippen LogP contribution in [0, 0.1) is 5.92 Å². The van der Waals surface area contributed by atoms with E-state index in [0.717, 1.165) is 47.6 Å². The quantitative estimate of drug-likeness (QED) is 0.894. The van der Waals surface area contributed by atoms with Crippen molar-refractivity contribution in [2.24, 2.45) is 11.7 Å². The fourth-order valence-electron chi connectivity index (χ4n) is 2.68. The van der Waals surface area contributed by atoms with Gasteiger partial charge in [-0.25, -0.2) is 9.97 Å². The molecule has 0 saturated carbocycles. The van der Waals surface area contributed by atoms with Crippen molar-refractivity contribution in [3.63, 3.8) is 0 Å². The van der Waals surface area contributed by atoms with Crippen LogP contribution in [0.3, 0.4) is 0 Å². The summed E-state index contributed by atoms with van der Waals surface area (Å²) in [5.74, 6) is 0.778. The number of benzene rings is 1. The second kappa shape index (κ2) is 6.66. The van der Waals surface area contributed by atoms with E-state index in [-0.39, 0.29) is 5.69 Å². The highest BCUT2D eigenvalue weighted by Gasteiger charge is 2.20. The van der Waals surface area contributed by atoms with Crippen LogP contribution in [-0.2, 0) is 0 Å². The summed E-state index contributed by atoms with van der Waals surface area (Å²) in [5, 5.41) is 0. The number of nitrogens with two attached hydrogens (primary N) is 1. The van der Waals surface area contributed by atoms with Crippen LogP contribution >= 0.6 is 15.9 Å². The van der Waals surface area contributed by atoms with Crippen molar-refractivity contribution in [1.82, 2.24) is 9.97 Å². The summed E-state index contributed by atoms with van der Waals surface area (Å²) < 4.78 is 0.996. The lowest BCUT2D eigenvalue weighted by molar-refractivity contribution is 0.0995. The highest BCUT2D eigenvalue weighted by atomic mass is 79.9. The van der Waals surface area contributed by atoms with E-state index >= 15 is 0 Å². The van der Waals surface area contributed by atoms with E-state index in [0.29, 0.717) is 5.95 Å². The van der Waals surface area contributed by atoms with Crippen LogP contribution in [0.25, 0.3) is 11.3 Å². The van der Waals surface area contributed by atoms with Gasteiger partial charge in [0.05, 0.1) is 5.69 Å². The minimum absolute atomic E-state index is 0.256. The van der Waals surface area contributed by atoms with Crippen LogP contribution in [0.4, 0.5) is 5.95 Å². The Hall–Kier alpha value is -1.95. The first-order valence-electron chi connectivity index (χ1n) is 7.72. The molecule has 0 spiro atoms. The number of amides is 1. The Labute approximate surface area is 144 Å².